The zero-order valence-electron chi connectivity index (χ0n) is 16.7. The van der Waals surface area contributed by atoms with Crippen molar-refractivity contribution in [3.63, 3.8) is 0 Å². The van der Waals surface area contributed by atoms with Gasteiger partial charge in [-0.3, -0.25) is 9.78 Å². The van der Waals surface area contributed by atoms with Crippen molar-refractivity contribution in [3.05, 3.63) is 71.1 Å². The summed E-state index contributed by atoms with van der Waals surface area (Å²) in [6.07, 6.45) is 1.17. The molecule has 0 radical (unpaired) electrons. The molecule has 3 aromatic rings. The fourth-order valence-corrected chi connectivity index (χ4v) is 3.73. The summed E-state index contributed by atoms with van der Waals surface area (Å²) >= 11 is 0. The van der Waals surface area contributed by atoms with Crippen molar-refractivity contribution in [3.8, 4) is 11.4 Å². The van der Waals surface area contributed by atoms with Crippen molar-refractivity contribution in [2.75, 3.05) is 0 Å². The van der Waals surface area contributed by atoms with Gasteiger partial charge >= 0.3 is 6.18 Å². The Morgan fingerprint density at radius 2 is 1.97 bits per heavy atom. The molecule has 1 atom stereocenters. The van der Waals surface area contributed by atoms with Gasteiger partial charge in [-0.15, -0.1) is 0 Å². The third kappa shape index (κ3) is 4.17. The average molecular weight is 446 g/mol. The van der Waals surface area contributed by atoms with E-state index in [-0.39, 0.29) is 23.4 Å². The van der Waals surface area contributed by atoms with Crippen LogP contribution in [-0.2, 0) is 12.6 Å². The average Bonchev–Trinajstić information content (AvgIpc) is 3.32. The molecule has 1 fully saturated rings. The Kier molecular flexibility index (Phi) is 4.87. The maximum absolute atomic E-state index is 14.0. The van der Waals surface area contributed by atoms with E-state index in [1.807, 2.05) is 0 Å². The molecule has 32 heavy (non-hydrogen) atoms. The fourth-order valence-electron chi connectivity index (χ4n) is 3.73. The number of aryl methyl sites for hydroxylation is 1. The zero-order chi connectivity index (χ0) is 22.5. The van der Waals surface area contributed by atoms with Crippen molar-refractivity contribution in [1.29, 1.82) is 0 Å². The van der Waals surface area contributed by atoms with Crippen LogP contribution >= 0.6 is 0 Å². The lowest BCUT2D eigenvalue weighted by atomic mass is 10.1. The number of nitrogens with zero attached hydrogens (tertiary/aromatic N) is 3. The number of halogens is 4. The molecule has 0 unspecified atom stereocenters. The molecule has 1 aromatic carbocycles. The number of carbonyl (C=O) groups excluding carboxylic acids is 1. The van der Waals surface area contributed by atoms with Gasteiger partial charge in [0.25, 0.3) is 5.91 Å². The van der Waals surface area contributed by atoms with Crippen molar-refractivity contribution in [2.24, 2.45) is 0 Å². The minimum Gasteiger partial charge on any atom is -0.490 e. The predicted molar refractivity (Wildman–Crippen MR) is 105 cm³/mol. The summed E-state index contributed by atoms with van der Waals surface area (Å²) in [5.74, 6) is -0.707. The van der Waals surface area contributed by atoms with Crippen LogP contribution in [0.4, 0.5) is 17.6 Å². The first-order valence-corrected chi connectivity index (χ1v) is 10.2. The molecule has 2 aliphatic carbocycles. The highest BCUT2D eigenvalue weighted by molar-refractivity contribution is 5.95. The molecule has 6 nitrogen and oxygen atoms in total. The summed E-state index contributed by atoms with van der Waals surface area (Å²) in [4.78, 5) is 16.1. The Morgan fingerprint density at radius 3 is 2.72 bits per heavy atom. The van der Waals surface area contributed by atoms with Crippen LogP contribution in [0.5, 0.6) is 5.75 Å². The van der Waals surface area contributed by atoms with Gasteiger partial charge in [-0.1, -0.05) is 0 Å². The topological polar surface area (TPSA) is 69.0 Å². The molecule has 10 heteroatoms. The third-order valence-corrected chi connectivity index (χ3v) is 5.43. The third-order valence-electron chi connectivity index (χ3n) is 5.43. The number of pyridine rings is 1. The Labute approximate surface area is 180 Å². The minimum atomic E-state index is -4.56. The molecule has 1 N–H and O–H groups in total. The smallest absolute Gasteiger partial charge is 0.433 e. The predicted octanol–water partition coefficient (Wildman–Crippen LogP) is 4.38. The molecular weight excluding hydrogens is 428 g/mol. The van der Waals surface area contributed by atoms with E-state index in [1.165, 1.54) is 22.9 Å². The van der Waals surface area contributed by atoms with Gasteiger partial charge < -0.3 is 10.1 Å². The number of hydrogen-bond acceptors (Lipinski definition) is 4. The molecule has 0 saturated heterocycles. The second-order valence-electron chi connectivity index (χ2n) is 7.93. The number of carbonyl (C=O) groups is 1. The van der Waals surface area contributed by atoms with E-state index in [2.05, 4.69) is 15.4 Å². The van der Waals surface area contributed by atoms with Gasteiger partial charge in [-0.25, -0.2) is 9.07 Å². The van der Waals surface area contributed by atoms with Gasteiger partial charge in [-0.2, -0.15) is 18.3 Å². The molecular formula is C22H18F4N4O2. The Morgan fingerprint density at radius 1 is 1.16 bits per heavy atom. The molecule has 2 aromatic heterocycles. The summed E-state index contributed by atoms with van der Waals surface area (Å²) in [6.45, 7) is 0. The fraction of sp³-hybridized carbons (Fsp3) is 0.318. The van der Waals surface area contributed by atoms with Crippen molar-refractivity contribution >= 4 is 5.91 Å². The molecule has 1 saturated carbocycles. The molecule has 0 aliphatic heterocycles. The van der Waals surface area contributed by atoms with Gasteiger partial charge in [0, 0.05) is 29.6 Å². The highest BCUT2D eigenvalue weighted by Crippen LogP contribution is 2.33. The lowest BCUT2D eigenvalue weighted by molar-refractivity contribution is -0.141. The summed E-state index contributed by atoms with van der Waals surface area (Å²) in [7, 11) is 0. The van der Waals surface area contributed by atoms with Crippen LogP contribution in [0.25, 0.3) is 5.69 Å². The summed E-state index contributed by atoms with van der Waals surface area (Å²) in [5, 5.41) is 7.24. The zero-order valence-corrected chi connectivity index (χ0v) is 16.7. The largest absolute Gasteiger partial charge is 0.490 e. The van der Waals surface area contributed by atoms with Crippen LogP contribution in [0.15, 0.2) is 42.7 Å². The number of amides is 1. The Hall–Kier alpha value is -3.43. The van der Waals surface area contributed by atoms with Crippen LogP contribution in [0.2, 0.25) is 0 Å². The number of aromatic nitrogens is 3. The second kappa shape index (κ2) is 7.61. The lowest BCUT2D eigenvalue weighted by Crippen LogP contribution is -2.27. The highest BCUT2D eigenvalue weighted by Gasteiger charge is 2.33. The Balaban J connectivity index is 1.35. The van der Waals surface area contributed by atoms with E-state index in [9.17, 15) is 22.4 Å². The monoisotopic (exact) mass is 446 g/mol. The normalized spacial score (nSPS) is 17.8. The second-order valence-corrected chi connectivity index (χ2v) is 7.93. The van der Waals surface area contributed by atoms with E-state index in [4.69, 9.17) is 4.74 Å². The molecule has 2 heterocycles. The first kappa shape index (κ1) is 20.5. The van der Waals surface area contributed by atoms with Crippen LogP contribution in [0.3, 0.4) is 0 Å². The van der Waals surface area contributed by atoms with Gasteiger partial charge in [-0.05, 0) is 49.9 Å². The van der Waals surface area contributed by atoms with Gasteiger partial charge in [0.15, 0.2) is 0 Å². The van der Waals surface area contributed by atoms with E-state index in [0.717, 1.165) is 36.7 Å². The standard InChI is InChI=1S/C22H18F4N4O2/c23-13-7-12(8-16(9-13)32-15-1-2-15)21(31)28-18-3-4-19-17(18)11-30(29-19)14-5-6-27-20(10-14)22(24,25)26/h5-11,15,18H,1-4H2,(H,28,31)/t18-/m0/s1. The minimum absolute atomic E-state index is 0.0713. The molecule has 0 spiro atoms. The molecule has 0 bridgehead atoms. The molecule has 1 amide bonds. The SMILES string of the molecule is O=C(N[C@H]1CCc2nn(-c3ccnc(C(F)(F)F)c3)cc21)c1cc(F)cc(OC2CC2)c1. The lowest BCUT2D eigenvalue weighted by Gasteiger charge is -2.14. The number of fused-ring (bicyclic) bond motifs is 1. The summed E-state index contributed by atoms with van der Waals surface area (Å²) in [6, 6.07) is 5.86. The van der Waals surface area contributed by atoms with E-state index < -0.39 is 23.6 Å². The molecule has 166 valence electrons. The van der Waals surface area contributed by atoms with Crippen LogP contribution < -0.4 is 10.1 Å². The summed E-state index contributed by atoms with van der Waals surface area (Å²) < 4.78 is 59.8. The quantitative estimate of drug-likeness (QED) is 0.591. The Bertz CT molecular complexity index is 1190. The van der Waals surface area contributed by atoms with Crippen molar-refractivity contribution in [2.45, 2.75) is 44.0 Å². The van der Waals surface area contributed by atoms with E-state index in [0.29, 0.717) is 24.3 Å². The number of nitrogens with one attached hydrogen (secondary N) is 1. The van der Waals surface area contributed by atoms with Crippen molar-refractivity contribution in [1.82, 2.24) is 20.1 Å². The van der Waals surface area contributed by atoms with Crippen LogP contribution in [0, 0.1) is 5.82 Å². The van der Waals surface area contributed by atoms with Gasteiger partial charge in [0.1, 0.15) is 17.3 Å². The number of hydrogen-bond donors (Lipinski definition) is 1. The molecule has 5 rings (SSSR count). The first-order chi connectivity index (χ1) is 15.3. The van der Waals surface area contributed by atoms with Crippen LogP contribution in [-0.4, -0.2) is 26.8 Å². The number of alkyl halides is 3. The molecule has 2 aliphatic rings. The van der Waals surface area contributed by atoms with E-state index >= 15 is 0 Å². The van der Waals surface area contributed by atoms with Crippen LogP contribution in [0.1, 0.15) is 52.6 Å². The summed E-state index contributed by atoms with van der Waals surface area (Å²) in [5.41, 5.74) is 0.766. The van der Waals surface area contributed by atoms with Gasteiger partial charge in [0.2, 0.25) is 0 Å². The number of benzene rings is 1. The number of rotatable bonds is 5. The highest BCUT2D eigenvalue weighted by atomic mass is 19.4. The van der Waals surface area contributed by atoms with Gasteiger partial charge in [0.05, 0.1) is 23.5 Å². The maximum Gasteiger partial charge on any atom is 0.433 e. The van der Waals surface area contributed by atoms with E-state index in [1.54, 1.807) is 6.20 Å². The first-order valence-electron chi connectivity index (χ1n) is 10.2. The number of ether oxygens (including phenoxy) is 1. The maximum atomic E-state index is 14.0. The van der Waals surface area contributed by atoms with Crippen molar-refractivity contribution < 1.29 is 27.1 Å².